The Kier molecular flexibility index (Phi) is 6.07. The average Bonchev–Trinajstić information content (AvgIpc) is 2.82. The molecule has 0 aliphatic carbocycles. The molecule has 0 saturated carbocycles. The number of hydrogen-bond acceptors (Lipinski definition) is 4. The fourth-order valence-corrected chi connectivity index (χ4v) is 4.19. The van der Waals surface area contributed by atoms with E-state index in [-0.39, 0.29) is 23.6 Å². The van der Waals surface area contributed by atoms with E-state index in [9.17, 15) is 14.4 Å². The molecule has 1 aliphatic rings. The number of aromatic nitrogens is 1. The maximum absolute atomic E-state index is 13.2. The molecule has 0 atom stereocenters. The molecule has 0 spiro atoms. The molecule has 1 aliphatic heterocycles. The van der Waals surface area contributed by atoms with Crippen LogP contribution in [0.4, 0.5) is 0 Å². The highest BCUT2D eigenvalue weighted by Crippen LogP contribution is 2.25. The Morgan fingerprint density at radius 3 is 2.50 bits per heavy atom. The molecule has 0 radical (unpaired) electrons. The number of aryl methyl sites for hydroxylation is 2. The molecule has 164 valence electrons. The molecule has 7 nitrogen and oxygen atoms in total. The third-order valence-corrected chi connectivity index (χ3v) is 5.82. The van der Waals surface area contributed by atoms with Gasteiger partial charge in [-0.15, -0.1) is 0 Å². The number of methoxy groups -OCH3 is 1. The number of ether oxygens (including phenoxy) is 1. The van der Waals surface area contributed by atoms with Gasteiger partial charge in [-0.1, -0.05) is 42.5 Å². The molecule has 0 unspecified atom stereocenters. The minimum absolute atomic E-state index is 0.0277. The third-order valence-electron chi connectivity index (χ3n) is 5.82. The molecule has 32 heavy (non-hydrogen) atoms. The Hall–Kier alpha value is -3.87. The number of rotatable bonds is 6. The van der Waals surface area contributed by atoms with Gasteiger partial charge >= 0.3 is 0 Å². The maximum Gasteiger partial charge on any atom is 0.263 e. The lowest BCUT2D eigenvalue weighted by Gasteiger charge is -2.30. The number of amides is 2. The van der Waals surface area contributed by atoms with Gasteiger partial charge in [0.15, 0.2) is 0 Å². The number of benzene rings is 2. The highest BCUT2D eigenvalue weighted by Gasteiger charge is 2.28. The van der Waals surface area contributed by atoms with Gasteiger partial charge in [0.2, 0.25) is 0 Å². The molecule has 4 rings (SSSR count). The summed E-state index contributed by atoms with van der Waals surface area (Å²) in [5.74, 6) is -0.380. The van der Waals surface area contributed by atoms with E-state index in [1.807, 2.05) is 36.4 Å². The molecule has 7 heteroatoms. The second-order valence-corrected chi connectivity index (χ2v) is 7.78. The van der Waals surface area contributed by atoms with Crippen molar-refractivity contribution >= 4 is 11.8 Å². The van der Waals surface area contributed by atoms with Crippen molar-refractivity contribution in [2.45, 2.75) is 25.9 Å². The molecular weight excluding hydrogens is 406 g/mol. The minimum Gasteiger partial charge on any atom is -0.496 e. The largest absolute Gasteiger partial charge is 0.496 e. The number of nitrogens with zero attached hydrogens (tertiary/aromatic N) is 2. The van der Waals surface area contributed by atoms with Crippen LogP contribution in [0.15, 0.2) is 65.6 Å². The van der Waals surface area contributed by atoms with E-state index in [0.29, 0.717) is 42.8 Å². The van der Waals surface area contributed by atoms with E-state index in [0.717, 1.165) is 11.1 Å². The molecule has 1 aromatic heterocycles. The summed E-state index contributed by atoms with van der Waals surface area (Å²) in [7, 11) is 1.53. The van der Waals surface area contributed by atoms with E-state index in [2.05, 4.69) is 0 Å². The van der Waals surface area contributed by atoms with Crippen LogP contribution in [0.1, 0.15) is 37.4 Å². The Balaban J connectivity index is 1.66. The first kappa shape index (κ1) is 21.4. The fourth-order valence-electron chi connectivity index (χ4n) is 4.19. The first-order valence-corrected chi connectivity index (χ1v) is 10.5. The van der Waals surface area contributed by atoms with E-state index >= 15 is 0 Å². The van der Waals surface area contributed by atoms with E-state index in [4.69, 9.17) is 10.5 Å². The number of hydrogen-bond donors (Lipinski definition) is 1. The Morgan fingerprint density at radius 1 is 1.06 bits per heavy atom. The summed E-state index contributed by atoms with van der Waals surface area (Å²) >= 11 is 0. The maximum atomic E-state index is 13.2. The number of para-hydroxylation sites is 1. The summed E-state index contributed by atoms with van der Waals surface area (Å²) in [4.78, 5) is 40.0. The topological polar surface area (TPSA) is 94.6 Å². The lowest BCUT2D eigenvalue weighted by atomic mass is 9.95. The van der Waals surface area contributed by atoms with Gasteiger partial charge in [-0.3, -0.25) is 14.4 Å². The first-order valence-electron chi connectivity index (χ1n) is 10.5. The number of pyridine rings is 1. The van der Waals surface area contributed by atoms with Crippen LogP contribution >= 0.6 is 0 Å². The minimum atomic E-state index is -0.732. The SMILES string of the molecule is COc1ccccc1C(=O)N1CCc2c(cn(CCc3ccccc3)c(=O)c2C(N)=O)C1. The molecule has 0 fully saturated rings. The normalized spacial score (nSPS) is 12.8. The summed E-state index contributed by atoms with van der Waals surface area (Å²) in [5, 5.41) is 0. The second-order valence-electron chi connectivity index (χ2n) is 7.78. The Bertz CT molecular complexity index is 1220. The van der Waals surface area contributed by atoms with Gasteiger partial charge in [0.1, 0.15) is 11.3 Å². The average molecular weight is 431 g/mol. The van der Waals surface area contributed by atoms with Crippen molar-refractivity contribution in [3.05, 3.63) is 99.0 Å². The van der Waals surface area contributed by atoms with Gasteiger partial charge in [0.05, 0.1) is 12.7 Å². The Morgan fingerprint density at radius 2 is 1.78 bits per heavy atom. The third kappa shape index (κ3) is 4.14. The number of carbonyl (C=O) groups excluding carboxylic acids is 2. The van der Waals surface area contributed by atoms with Gasteiger partial charge in [-0.05, 0) is 41.7 Å². The molecule has 0 saturated heterocycles. The van der Waals surface area contributed by atoms with Gasteiger partial charge in [0, 0.05) is 25.8 Å². The molecular formula is C25H25N3O4. The number of carbonyl (C=O) groups is 2. The summed E-state index contributed by atoms with van der Waals surface area (Å²) in [6.07, 6.45) is 2.79. The summed E-state index contributed by atoms with van der Waals surface area (Å²) in [6.45, 7) is 1.09. The number of nitrogens with two attached hydrogens (primary N) is 1. The molecule has 2 N–H and O–H groups in total. The van der Waals surface area contributed by atoms with Gasteiger partial charge in [-0.2, -0.15) is 0 Å². The molecule has 2 aromatic carbocycles. The first-order chi connectivity index (χ1) is 15.5. The van der Waals surface area contributed by atoms with Crippen molar-refractivity contribution in [2.24, 2.45) is 5.73 Å². The van der Waals surface area contributed by atoms with E-state index in [1.165, 1.54) is 11.7 Å². The summed E-state index contributed by atoms with van der Waals surface area (Å²) < 4.78 is 6.86. The lowest BCUT2D eigenvalue weighted by Crippen LogP contribution is -2.40. The Labute approximate surface area is 186 Å². The van der Waals surface area contributed by atoms with Crippen molar-refractivity contribution in [3.63, 3.8) is 0 Å². The standard InChI is InChI=1S/C25H25N3O4/c1-32-21-10-6-5-9-20(21)24(30)27-14-12-19-18(15-27)16-28(25(31)22(19)23(26)29)13-11-17-7-3-2-4-8-17/h2-10,16H,11-15H2,1H3,(H2,26,29). The van der Waals surface area contributed by atoms with Crippen molar-refractivity contribution in [1.82, 2.24) is 9.47 Å². The molecule has 3 aromatic rings. The number of fused-ring (bicyclic) bond motifs is 1. The molecule has 2 amide bonds. The predicted molar refractivity (Wildman–Crippen MR) is 121 cm³/mol. The van der Waals surface area contributed by atoms with Crippen LogP contribution in [-0.2, 0) is 25.9 Å². The van der Waals surface area contributed by atoms with Gasteiger partial charge in [-0.25, -0.2) is 0 Å². The van der Waals surface area contributed by atoms with Gasteiger partial charge < -0.3 is 19.9 Å². The number of primary amides is 1. The molecule has 0 bridgehead atoms. The van der Waals surface area contributed by atoms with Crippen LogP contribution in [0.5, 0.6) is 5.75 Å². The van der Waals surface area contributed by atoms with Crippen LogP contribution in [0.25, 0.3) is 0 Å². The lowest BCUT2D eigenvalue weighted by molar-refractivity contribution is 0.0730. The zero-order chi connectivity index (χ0) is 22.7. The van der Waals surface area contributed by atoms with Crippen molar-refractivity contribution < 1.29 is 14.3 Å². The quantitative estimate of drug-likeness (QED) is 0.648. The van der Waals surface area contributed by atoms with Crippen LogP contribution in [0, 0.1) is 0 Å². The smallest absolute Gasteiger partial charge is 0.263 e. The van der Waals surface area contributed by atoms with Crippen LogP contribution < -0.4 is 16.0 Å². The highest BCUT2D eigenvalue weighted by atomic mass is 16.5. The van der Waals surface area contributed by atoms with Gasteiger partial charge in [0.25, 0.3) is 17.4 Å². The second kappa shape index (κ2) is 9.09. The molecule has 2 heterocycles. The van der Waals surface area contributed by atoms with Crippen LogP contribution in [0.2, 0.25) is 0 Å². The van der Waals surface area contributed by atoms with Crippen LogP contribution in [-0.4, -0.2) is 34.9 Å². The monoisotopic (exact) mass is 431 g/mol. The zero-order valence-electron chi connectivity index (χ0n) is 17.9. The summed E-state index contributed by atoms with van der Waals surface area (Å²) in [5.41, 5.74) is 8.21. The highest BCUT2D eigenvalue weighted by molar-refractivity contribution is 5.97. The zero-order valence-corrected chi connectivity index (χ0v) is 17.9. The summed E-state index contributed by atoms with van der Waals surface area (Å²) in [6, 6.07) is 16.9. The van der Waals surface area contributed by atoms with E-state index < -0.39 is 5.91 Å². The fraction of sp³-hybridized carbons (Fsp3) is 0.240. The van der Waals surface area contributed by atoms with E-state index in [1.54, 1.807) is 29.3 Å². The predicted octanol–water partition coefficient (Wildman–Crippen LogP) is 2.40. The van der Waals surface area contributed by atoms with Crippen molar-refractivity contribution in [1.29, 1.82) is 0 Å². The van der Waals surface area contributed by atoms with Crippen LogP contribution in [0.3, 0.4) is 0 Å². The van der Waals surface area contributed by atoms with Crippen molar-refractivity contribution in [3.8, 4) is 5.75 Å². The van der Waals surface area contributed by atoms with Crippen molar-refractivity contribution in [2.75, 3.05) is 13.7 Å².